The van der Waals surface area contributed by atoms with Crippen molar-refractivity contribution >= 4 is 46.1 Å². The van der Waals surface area contributed by atoms with Crippen LogP contribution in [0, 0.1) is 0 Å². The highest BCUT2D eigenvalue weighted by atomic mass is 35.5. The summed E-state index contributed by atoms with van der Waals surface area (Å²) in [4.78, 5) is 27.7. The Labute approximate surface area is 203 Å². The summed E-state index contributed by atoms with van der Waals surface area (Å²) in [5.74, 6) is 0.0985. The normalized spacial score (nSPS) is 14.3. The summed E-state index contributed by atoms with van der Waals surface area (Å²) in [5, 5.41) is 2.69. The maximum atomic E-state index is 12.8. The first-order valence-corrected chi connectivity index (χ1v) is 11.4. The number of hydrogen-bond acceptors (Lipinski definition) is 8. The molecule has 0 bridgehead atoms. The molecule has 1 saturated heterocycles. The van der Waals surface area contributed by atoms with Gasteiger partial charge >= 0.3 is 0 Å². The topological polar surface area (TPSA) is 107 Å². The lowest BCUT2D eigenvalue weighted by Gasteiger charge is -2.24. The van der Waals surface area contributed by atoms with Crippen LogP contribution in [0.2, 0.25) is 5.15 Å². The van der Waals surface area contributed by atoms with Crippen LogP contribution < -0.4 is 10.2 Å². The third kappa shape index (κ3) is 5.92. The van der Waals surface area contributed by atoms with E-state index in [2.05, 4.69) is 26.8 Å². The Bertz CT molecular complexity index is 1220. The lowest BCUT2D eigenvalue weighted by Crippen LogP contribution is -2.36. The zero-order valence-corrected chi connectivity index (χ0v) is 20.5. The summed E-state index contributed by atoms with van der Waals surface area (Å²) < 4.78 is 16.7. The van der Waals surface area contributed by atoms with E-state index in [-0.39, 0.29) is 16.5 Å². The monoisotopic (exact) mass is 485 g/mol. The minimum Gasteiger partial charge on any atom is -0.442 e. The maximum Gasteiger partial charge on any atom is 0.300 e. The molecule has 0 aliphatic carbocycles. The number of aromatic nitrogens is 3. The van der Waals surface area contributed by atoms with Crippen LogP contribution in [0.5, 0.6) is 0 Å². The molecule has 10 heteroatoms. The van der Waals surface area contributed by atoms with Gasteiger partial charge in [-0.3, -0.25) is 4.79 Å². The van der Waals surface area contributed by atoms with Crippen LogP contribution in [0.4, 0.5) is 11.8 Å². The number of fused-ring (bicyclic) bond motifs is 1. The standard InChI is InChI=1S/C22H22ClN5O4.C2H6/c1-4-5-14(10-13(2)3)21-25-17(12-31-21)24-20(29)15-11-16-19(26-18(15)23)27-22(32-16)28-6-8-30-9-7-28;1-2/h4-5,10-12H,2,6-9H2,1,3H3,(H,24,29);1-2H3/b5-4-,14-10+;. The van der Waals surface area contributed by atoms with Crippen LogP contribution in [0.15, 0.2) is 51.5 Å². The largest absolute Gasteiger partial charge is 0.442 e. The summed E-state index contributed by atoms with van der Waals surface area (Å²) in [7, 11) is 0. The van der Waals surface area contributed by atoms with Crippen molar-refractivity contribution in [1.29, 1.82) is 0 Å². The molecule has 0 aromatic carbocycles. The molecular weight excluding hydrogens is 458 g/mol. The van der Waals surface area contributed by atoms with Gasteiger partial charge in [0.05, 0.1) is 18.8 Å². The Kier molecular flexibility index (Phi) is 8.61. The maximum absolute atomic E-state index is 12.8. The van der Waals surface area contributed by atoms with E-state index in [1.54, 1.807) is 0 Å². The van der Waals surface area contributed by atoms with E-state index in [1.807, 2.05) is 50.8 Å². The fourth-order valence-corrected chi connectivity index (χ4v) is 3.37. The van der Waals surface area contributed by atoms with Crippen molar-refractivity contribution in [3.63, 3.8) is 0 Å². The van der Waals surface area contributed by atoms with Crippen molar-refractivity contribution in [1.82, 2.24) is 15.0 Å². The summed E-state index contributed by atoms with van der Waals surface area (Å²) in [6.07, 6.45) is 6.90. The third-order valence-electron chi connectivity index (χ3n) is 4.59. The first kappa shape index (κ1) is 25.2. The summed E-state index contributed by atoms with van der Waals surface area (Å²) in [6.45, 7) is 14.1. The van der Waals surface area contributed by atoms with E-state index < -0.39 is 5.91 Å². The van der Waals surface area contributed by atoms with Crippen LogP contribution in [-0.2, 0) is 4.74 Å². The van der Waals surface area contributed by atoms with Crippen molar-refractivity contribution in [2.75, 3.05) is 36.5 Å². The molecule has 0 unspecified atom stereocenters. The highest BCUT2D eigenvalue weighted by molar-refractivity contribution is 6.33. The van der Waals surface area contributed by atoms with Gasteiger partial charge in [0.2, 0.25) is 11.5 Å². The molecular formula is C24H28ClN5O4. The van der Waals surface area contributed by atoms with Crippen molar-refractivity contribution in [3.05, 3.63) is 59.3 Å². The molecule has 1 amide bonds. The minimum absolute atomic E-state index is 0.0114. The Balaban J connectivity index is 0.00000158. The van der Waals surface area contributed by atoms with E-state index >= 15 is 0 Å². The van der Waals surface area contributed by atoms with E-state index in [1.165, 1.54) is 12.3 Å². The molecule has 34 heavy (non-hydrogen) atoms. The minimum atomic E-state index is -0.495. The number of hydrogen-bond donors (Lipinski definition) is 1. The van der Waals surface area contributed by atoms with Gasteiger partial charge in [-0.15, -0.1) is 0 Å². The molecule has 1 fully saturated rings. The molecule has 0 saturated carbocycles. The molecule has 1 aliphatic rings. The second-order valence-electron chi connectivity index (χ2n) is 7.18. The number of nitrogens with one attached hydrogen (secondary N) is 1. The number of carbonyl (C=O) groups excluding carboxylic acids is 1. The van der Waals surface area contributed by atoms with Gasteiger partial charge in [0, 0.05) is 24.7 Å². The number of oxazole rings is 2. The lowest BCUT2D eigenvalue weighted by atomic mass is 10.1. The quantitative estimate of drug-likeness (QED) is 0.359. The summed E-state index contributed by atoms with van der Waals surface area (Å²) >= 11 is 6.25. The predicted molar refractivity (Wildman–Crippen MR) is 133 cm³/mol. The Morgan fingerprint density at radius 1 is 1.24 bits per heavy atom. The first-order chi connectivity index (χ1) is 16.4. The summed E-state index contributed by atoms with van der Waals surface area (Å²) in [5.41, 5.74) is 2.41. The molecule has 4 rings (SSSR count). The second kappa shape index (κ2) is 11.6. The number of allylic oxidation sites excluding steroid dienone is 5. The average molecular weight is 486 g/mol. The number of carbonyl (C=O) groups is 1. The number of ether oxygens (including phenoxy) is 1. The van der Waals surface area contributed by atoms with Gasteiger partial charge in [0.25, 0.3) is 11.9 Å². The predicted octanol–water partition coefficient (Wildman–Crippen LogP) is 5.51. The number of rotatable bonds is 6. The number of nitrogens with zero attached hydrogens (tertiary/aromatic N) is 4. The number of pyridine rings is 1. The highest BCUT2D eigenvalue weighted by Gasteiger charge is 2.21. The van der Waals surface area contributed by atoms with Crippen molar-refractivity contribution in [2.45, 2.75) is 27.7 Å². The van der Waals surface area contributed by atoms with Crippen LogP contribution in [-0.4, -0.2) is 47.2 Å². The van der Waals surface area contributed by atoms with Crippen LogP contribution in [0.3, 0.4) is 0 Å². The number of amides is 1. The van der Waals surface area contributed by atoms with Crippen LogP contribution >= 0.6 is 11.6 Å². The summed E-state index contributed by atoms with van der Waals surface area (Å²) in [6, 6.07) is 1.94. The Morgan fingerprint density at radius 3 is 2.65 bits per heavy atom. The fraction of sp³-hybridized carbons (Fsp3) is 0.333. The Hall–Kier alpha value is -3.43. The third-order valence-corrected chi connectivity index (χ3v) is 4.88. The number of morpholine rings is 1. The molecule has 9 nitrogen and oxygen atoms in total. The molecule has 1 aliphatic heterocycles. The van der Waals surface area contributed by atoms with Gasteiger partial charge in [-0.1, -0.05) is 49.8 Å². The molecule has 0 atom stereocenters. The second-order valence-corrected chi connectivity index (χ2v) is 7.54. The molecule has 4 heterocycles. The van der Waals surface area contributed by atoms with Crippen molar-refractivity contribution in [2.24, 2.45) is 0 Å². The van der Waals surface area contributed by atoms with Gasteiger partial charge in [-0.2, -0.15) is 9.97 Å². The molecule has 0 radical (unpaired) electrons. The van der Waals surface area contributed by atoms with Gasteiger partial charge in [-0.05, 0) is 19.9 Å². The first-order valence-electron chi connectivity index (χ1n) is 11.0. The Morgan fingerprint density at radius 2 is 1.97 bits per heavy atom. The van der Waals surface area contributed by atoms with Gasteiger partial charge in [-0.25, -0.2) is 4.98 Å². The van der Waals surface area contributed by atoms with Crippen LogP contribution in [0.25, 0.3) is 16.8 Å². The van der Waals surface area contributed by atoms with E-state index in [9.17, 15) is 4.79 Å². The molecule has 180 valence electrons. The van der Waals surface area contributed by atoms with E-state index in [4.69, 9.17) is 25.2 Å². The van der Waals surface area contributed by atoms with E-state index in [0.29, 0.717) is 49.4 Å². The van der Waals surface area contributed by atoms with Crippen molar-refractivity contribution < 1.29 is 18.4 Å². The van der Waals surface area contributed by atoms with Crippen LogP contribution in [0.1, 0.15) is 43.9 Å². The zero-order valence-electron chi connectivity index (χ0n) is 19.7. The smallest absolute Gasteiger partial charge is 0.300 e. The molecule has 0 spiro atoms. The SMILES string of the molecule is C=C(C)/C=C(\C=C/C)c1nc(NC(=O)c2cc3oc(N4CCOCC4)nc3nc2Cl)co1.CC. The van der Waals surface area contributed by atoms with Crippen molar-refractivity contribution in [3.8, 4) is 0 Å². The average Bonchev–Trinajstić information content (AvgIpc) is 3.46. The van der Waals surface area contributed by atoms with E-state index in [0.717, 1.165) is 11.1 Å². The number of halogens is 1. The molecule has 3 aromatic heterocycles. The zero-order chi connectivity index (χ0) is 24.7. The van der Waals surface area contributed by atoms with Gasteiger partial charge < -0.3 is 23.8 Å². The number of anilines is 2. The van der Waals surface area contributed by atoms with Gasteiger partial charge in [0.15, 0.2) is 11.4 Å². The fourth-order valence-electron chi connectivity index (χ4n) is 3.15. The molecule has 3 aromatic rings. The van der Waals surface area contributed by atoms with Gasteiger partial charge in [0.1, 0.15) is 11.4 Å². The lowest BCUT2D eigenvalue weighted by molar-refractivity contribution is 0.102. The highest BCUT2D eigenvalue weighted by Crippen LogP contribution is 2.26. The molecule has 1 N–H and O–H groups in total.